The molecule has 4 N–H and O–H groups in total. The van der Waals surface area contributed by atoms with E-state index in [9.17, 15) is 14.0 Å². The number of amides is 4. The number of carbonyl (C=O) groups is 2. The zero-order chi connectivity index (χ0) is 25.0. The highest BCUT2D eigenvalue weighted by atomic mass is 35.5. The minimum atomic E-state index is -0.913. The maximum absolute atomic E-state index is 14.5. The van der Waals surface area contributed by atoms with Crippen LogP contribution in [0.4, 0.5) is 19.7 Å². The number of ether oxygens (including phenoxy) is 1. The predicted octanol–water partition coefficient (Wildman–Crippen LogP) is 4.59. The molecule has 0 aliphatic carbocycles. The molecule has 0 spiro atoms. The van der Waals surface area contributed by atoms with Gasteiger partial charge < -0.3 is 15.8 Å². The average molecular weight is 492 g/mol. The third-order valence-electron chi connectivity index (χ3n) is 5.30. The van der Waals surface area contributed by atoms with E-state index < -0.39 is 29.6 Å². The number of nitrogens with two attached hydrogens (primary N) is 1. The summed E-state index contributed by atoms with van der Waals surface area (Å²) in [6.07, 6.45) is -1.09. The fraction of sp³-hybridized carbons (Fsp3) is 0.417. The van der Waals surface area contributed by atoms with Crippen LogP contribution >= 0.6 is 11.6 Å². The lowest BCUT2D eigenvalue weighted by atomic mass is 9.93. The van der Waals surface area contributed by atoms with Gasteiger partial charge in [-0.15, -0.1) is 0 Å². The van der Waals surface area contributed by atoms with Crippen molar-refractivity contribution in [2.45, 2.75) is 46.6 Å². The topological polar surface area (TPSA) is 99.9 Å². The molecule has 8 nitrogen and oxygen atoms in total. The zero-order valence-corrected chi connectivity index (χ0v) is 20.5. The number of hydrogen-bond acceptors (Lipinski definition) is 5. The Morgan fingerprint density at radius 3 is 2.47 bits per heavy atom. The first kappa shape index (κ1) is 25.6. The van der Waals surface area contributed by atoms with Crippen LogP contribution in [0.25, 0.3) is 0 Å². The Morgan fingerprint density at radius 2 is 1.88 bits per heavy atom. The molecule has 2 aromatic carbocycles. The van der Waals surface area contributed by atoms with Crippen molar-refractivity contribution in [2.24, 2.45) is 11.1 Å². The van der Waals surface area contributed by atoms with Crippen LogP contribution in [0.15, 0.2) is 42.5 Å². The largest absolute Gasteiger partial charge is 0.488 e. The Bertz CT molecular complexity index is 1030. The third-order valence-corrected chi connectivity index (χ3v) is 5.55. The number of anilines is 1. The first-order chi connectivity index (χ1) is 16.0. The van der Waals surface area contributed by atoms with E-state index in [1.54, 1.807) is 44.2 Å². The van der Waals surface area contributed by atoms with Crippen LogP contribution in [0.2, 0.25) is 5.02 Å². The summed E-state index contributed by atoms with van der Waals surface area (Å²) in [4.78, 5) is 28.9. The molecule has 3 rings (SSSR count). The highest BCUT2D eigenvalue weighted by Gasteiger charge is 2.40. The monoisotopic (exact) mass is 491 g/mol. The van der Waals surface area contributed by atoms with Gasteiger partial charge in [-0.3, -0.25) is 10.2 Å². The molecule has 0 aromatic heterocycles. The number of rotatable bonds is 9. The van der Waals surface area contributed by atoms with E-state index in [2.05, 4.69) is 10.6 Å². The Morgan fingerprint density at radius 1 is 1.21 bits per heavy atom. The molecule has 1 saturated heterocycles. The number of hydrogen-bond donors (Lipinski definition) is 3. The van der Waals surface area contributed by atoms with Gasteiger partial charge in [0, 0.05) is 23.3 Å². The van der Waals surface area contributed by atoms with Gasteiger partial charge in [0.1, 0.15) is 0 Å². The Labute approximate surface area is 204 Å². The van der Waals surface area contributed by atoms with Gasteiger partial charge in [-0.25, -0.2) is 18.9 Å². The third kappa shape index (κ3) is 6.30. The number of benzene rings is 2. The normalized spacial score (nSPS) is 16.6. The van der Waals surface area contributed by atoms with Gasteiger partial charge in [-0.2, -0.15) is 0 Å². The standard InChI is InChI=1S/C24H31ClFN5O3/c1-15(2)34-20-10-9-18(11-19(20)26)28-21-29-22(32)31(14-24(3,4)13-27)23(33)30(21)12-16-5-7-17(25)8-6-16/h5-11,15,21,28H,12-14,27H2,1-4H3,(H,29,32). The number of carbonyl (C=O) groups excluding carboxylic acids is 2. The number of urea groups is 2. The molecule has 0 radical (unpaired) electrons. The number of imide groups is 1. The van der Waals surface area contributed by atoms with Crippen LogP contribution in [0.3, 0.4) is 0 Å². The summed E-state index contributed by atoms with van der Waals surface area (Å²) in [6.45, 7) is 8.00. The van der Waals surface area contributed by atoms with Gasteiger partial charge in [0.05, 0.1) is 12.6 Å². The molecule has 184 valence electrons. The molecule has 1 aliphatic rings. The summed E-state index contributed by atoms with van der Waals surface area (Å²) in [5.41, 5.74) is 6.54. The van der Waals surface area contributed by atoms with E-state index in [1.807, 2.05) is 13.8 Å². The fourth-order valence-electron chi connectivity index (χ4n) is 3.41. The number of nitrogens with one attached hydrogen (secondary N) is 2. The van der Waals surface area contributed by atoms with Crippen molar-refractivity contribution in [1.82, 2.24) is 15.1 Å². The average Bonchev–Trinajstić information content (AvgIpc) is 2.77. The van der Waals surface area contributed by atoms with E-state index in [0.29, 0.717) is 17.3 Å². The minimum absolute atomic E-state index is 0.123. The quantitative estimate of drug-likeness (QED) is 0.476. The van der Waals surface area contributed by atoms with Crippen LogP contribution in [-0.4, -0.2) is 47.3 Å². The Hall–Kier alpha value is -3.04. The second-order valence-corrected chi connectivity index (χ2v) is 9.74. The molecule has 34 heavy (non-hydrogen) atoms. The molecule has 2 aromatic rings. The molecule has 10 heteroatoms. The molecule has 1 fully saturated rings. The first-order valence-electron chi connectivity index (χ1n) is 11.0. The molecule has 0 saturated carbocycles. The number of nitrogens with zero attached hydrogens (tertiary/aromatic N) is 2. The molecule has 1 heterocycles. The van der Waals surface area contributed by atoms with E-state index in [1.165, 1.54) is 17.0 Å². The maximum Gasteiger partial charge on any atom is 0.331 e. The second kappa shape index (κ2) is 10.5. The van der Waals surface area contributed by atoms with Crippen molar-refractivity contribution < 1.29 is 18.7 Å². The minimum Gasteiger partial charge on any atom is -0.488 e. The van der Waals surface area contributed by atoms with Gasteiger partial charge in [-0.1, -0.05) is 37.6 Å². The van der Waals surface area contributed by atoms with Gasteiger partial charge in [0.2, 0.25) is 0 Å². The van der Waals surface area contributed by atoms with Crippen molar-refractivity contribution in [3.63, 3.8) is 0 Å². The van der Waals surface area contributed by atoms with Gasteiger partial charge in [0.25, 0.3) is 0 Å². The fourth-order valence-corrected chi connectivity index (χ4v) is 3.54. The van der Waals surface area contributed by atoms with E-state index >= 15 is 0 Å². The lowest BCUT2D eigenvalue weighted by Gasteiger charge is -2.43. The SMILES string of the molecule is CC(C)Oc1ccc(NC2NC(=O)N(CC(C)(C)CN)C(=O)N2Cc2ccc(Cl)cc2)cc1F. The summed E-state index contributed by atoms with van der Waals surface area (Å²) in [5, 5.41) is 6.41. The lowest BCUT2D eigenvalue weighted by molar-refractivity contribution is 0.0937. The summed E-state index contributed by atoms with van der Waals surface area (Å²) in [5.74, 6) is -0.430. The molecule has 1 unspecified atom stereocenters. The van der Waals surface area contributed by atoms with Gasteiger partial charge in [0.15, 0.2) is 17.9 Å². The maximum atomic E-state index is 14.5. The highest BCUT2D eigenvalue weighted by Crippen LogP contribution is 2.25. The van der Waals surface area contributed by atoms with Gasteiger partial charge >= 0.3 is 12.1 Å². The highest BCUT2D eigenvalue weighted by molar-refractivity contribution is 6.30. The number of halogens is 2. The molecule has 1 aliphatic heterocycles. The van der Waals surface area contributed by atoms with Crippen molar-refractivity contribution in [3.8, 4) is 5.75 Å². The molecule has 1 atom stereocenters. The Balaban J connectivity index is 1.87. The van der Waals surface area contributed by atoms with E-state index in [0.717, 1.165) is 10.5 Å². The summed E-state index contributed by atoms with van der Waals surface area (Å²) < 4.78 is 20.0. The van der Waals surface area contributed by atoms with Crippen molar-refractivity contribution in [1.29, 1.82) is 0 Å². The van der Waals surface area contributed by atoms with Crippen LogP contribution in [0.5, 0.6) is 5.75 Å². The predicted molar refractivity (Wildman–Crippen MR) is 130 cm³/mol. The summed E-state index contributed by atoms with van der Waals surface area (Å²) in [7, 11) is 0. The van der Waals surface area contributed by atoms with Crippen LogP contribution in [0, 0.1) is 11.2 Å². The molecule has 4 amide bonds. The van der Waals surface area contributed by atoms with E-state index in [-0.39, 0.29) is 24.9 Å². The van der Waals surface area contributed by atoms with Crippen molar-refractivity contribution >= 4 is 29.4 Å². The van der Waals surface area contributed by atoms with E-state index in [4.69, 9.17) is 22.1 Å². The van der Waals surface area contributed by atoms with Crippen molar-refractivity contribution in [3.05, 3.63) is 58.9 Å². The van der Waals surface area contributed by atoms with Gasteiger partial charge in [-0.05, 0) is 55.6 Å². The smallest absolute Gasteiger partial charge is 0.331 e. The summed E-state index contributed by atoms with van der Waals surface area (Å²) >= 11 is 5.99. The lowest BCUT2D eigenvalue weighted by Crippen LogP contribution is -2.68. The van der Waals surface area contributed by atoms with Crippen molar-refractivity contribution in [2.75, 3.05) is 18.4 Å². The zero-order valence-electron chi connectivity index (χ0n) is 19.8. The first-order valence-corrected chi connectivity index (χ1v) is 11.4. The van der Waals surface area contributed by atoms with Crippen LogP contribution < -0.4 is 21.1 Å². The molecular weight excluding hydrogens is 461 g/mol. The van der Waals surface area contributed by atoms with Crippen LogP contribution in [-0.2, 0) is 6.54 Å². The second-order valence-electron chi connectivity index (χ2n) is 9.30. The molecule has 0 bridgehead atoms. The van der Waals surface area contributed by atoms with Crippen LogP contribution in [0.1, 0.15) is 33.3 Å². The molecular formula is C24H31ClFN5O3. The summed E-state index contributed by atoms with van der Waals surface area (Å²) in [6, 6.07) is 10.4. The Kier molecular flexibility index (Phi) is 7.89.